The molecule has 1 atom stereocenters. The van der Waals surface area contributed by atoms with E-state index in [0.29, 0.717) is 68.1 Å². The highest BCUT2D eigenvalue weighted by molar-refractivity contribution is 6.38. The van der Waals surface area contributed by atoms with Gasteiger partial charge >= 0.3 is 12.0 Å². The molecule has 2 aromatic carbocycles. The van der Waals surface area contributed by atoms with Gasteiger partial charge in [-0.2, -0.15) is 0 Å². The van der Waals surface area contributed by atoms with Crippen molar-refractivity contribution in [1.29, 1.82) is 0 Å². The van der Waals surface area contributed by atoms with Crippen LogP contribution in [0.3, 0.4) is 0 Å². The normalized spacial score (nSPS) is 20.5. The Bertz CT molecular complexity index is 1530. The number of nitrogen functional groups attached to an aromatic ring is 1. The monoisotopic (exact) mass is 713 g/mol. The lowest BCUT2D eigenvalue weighted by atomic mass is 9.91. The number of halogens is 2. The minimum absolute atomic E-state index is 0.0235. The molecule has 0 unspecified atom stereocenters. The molecule has 49 heavy (non-hydrogen) atoms. The molecule has 0 saturated carbocycles. The van der Waals surface area contributed by atoms with Gasteiger partial charge in [0, 0.05) is 83.1 Å². The second-order valence-electron chi connectivity index (χ2n) is 13.7. The minimum atomic E-state index is -0.806. The first-order chi connectivity index (χ1) is 23.5. The Morgan fingerprint density at radius 2 is 1.49 bits per heavy atom. The largest absolute Gasteiger partial charge is 0.480 e. The molecular formula is C35H45Cl2N7O5. The van der Waals surface area contributed by atoms with Gasteiger partial charge in [-0.3, -0.25) is 24.2 Å². The summed E-state index contributed by atoms with van der Waals surface area (Å²) in [6.45, 7) is 5.90. The van der Waals surface area contributed by atoms with Crippen molar-refractivity contribution >= 4 is 58.4 Å². The Labute approximate surface area is 297 Å². The fourth-order valence-corrected chi connectivity index (χ4v) is 8.29. The molecule has 0 aromatic heterocycles. The van der Waals surface area contributed by atoms with Crippen molar-refractivity contribution in [3.63, 3.8) is 0 Å². The number of nitrogens with zero attached hydrogens (tertiary/aromatic N) is 5. The Morgan fingerprint density at radius 1 is 0.878 bits per heavy atom. The second kappa shape index (κ2) is 15.5. The molecule has 3 fully saturated rings. The molecule has 264 valence electrons. The fraction of sp³-hybridized carbons (Fsp3) is 0.543. The number of urea groups is 1. The van der Waals surface area contributed by atoms with E-state index in [-0.39, 0.29) is 42.5 Å². The van der Waals surface area contributed by atoms with Gasteiger partial charge in [-0.1, -0.05) is 41.4 Å². The molecule has 0 radical (unpaired) electrons. The van der Waals surface area contributed by atoms with Crippen molar-refractivity contribution in [3.05, 3.63) is 57.6 Å². The maximum atomic E-state index is 14.1. The predicted molar refractivity (Wildman–Crippen MR) is 189 cm³/mol. The van der Waals surface area contributed by atoms with Gasteiger partial charge in [0.05, 0.1) is 28.2 Å². The average molecular weight is 715 g/mol. The summed E-state index contributed by atoms with van der Waals surface area (Å²) in [6, 6.07) is 11.5. The first-order valence-electron chi connectivity index (χ1n) is 17.2. The van der Waals surface area contributed by atoms with Crippen LogP contribution in [0.5, 0.6) is 0 Å². The zero-order valence-corrected chi connectivity index (χ0v) is 29.2. The molecule has 0 aliphatic carbocycles. The van der Waals surface area contributed by atoms with E-state index in [9.17, 15) is 19.2 Å². The number of fused-ring (bicyclic) bond motifs is 1. The lowest BCUT2D eigenvalue weighted by Crippen LogP contribution is -2.55. The molecule has 3 saturated heterocycles. The fourth-order valence-electron chi connectivity index (χ4n) is 7.76. The van der Waals surface area contributed by atoms with E-state index in [2.05, 4.69) is 10.2 Å². The number of piperidine rings is 2. The van der Waals surface area contributed by atoms with Gasteiger partial charge in [-0.15, -0.1) is 0 Å². The van der Waals surface area contributed by atoms with Crippen LogP contribution in [0.15, 0.2) is 36.4 Å². The Balaban J connectivity index is 1.07. The van der Waals surface area contributed by atoms with Gasteiger partial charge < -0.3 is 30.9 Å². The Morgan fingerprint density at radius 3 is 2.14 bits per heavy atom. The quantitative estimate of drug-likeness (QED) is 0.333. The summed E-state index contributed by atoms with van der Waals surface area (Å²) in [5.41, 5.74) is 8.93. The number of nitrogens with two attached hydrogens (primary N) is 1. The maximum Gasteiger partial charge on any atom is 0.322 e. The van der Waals surface area contributed by atoms with Crippen LogP contribution in [0.1, 0.15) is 43.2 Å². The number of benzene rings is 2. The molecule has 4 heterocycles. The highest BCUT2D eigenvalue weighted by Crippen LogP contribution is 2.32. The third-order valence-corrected chi connectivity index (χ3v) is 11.2. The van der Waals surface area contributed by atoms with Gasteiger partial charge in [0.1, 0.15) is 0 Å². The van der Waals surface area contributed by atoms with Crippen LogP contribution in [0.2, 0.25) is 10.0 Å². The standard InChI is InChI=1S/C35H45Cl2N7O5/c36-28-18-23(19-29(37)33(28)38)17-25(34(48)43-11-5-26(6-12-43)41-15-13-40(14-16-41)22-32(46)47)20-31(45)42-9-7-27(8-10-42)44-21-24-3-1-2-4-30(24)39-35(44)49/h1-4,18-19,25-27H,5-17,20-22,38H2,(H,39,49)(H,46,47)/t25-/m1/s1. The molecule has 0 bridgehead atoms. The zero-order chi connectivity index (χ0) is 34.7. The summed E-state index contributed by atoms with van der Waals surface area (Å²) in [5, 5.41) is 12.7. The lowest BCUT2D eigenvalue weighted by Gasteiger charge is -2.43. The molecule has 12 nitrogen and oxygen atoms in total. The summed E-state index contributed by atoms with van der Waals surface area (Å²) in [7, 11) is 0. The van der Waals surface area contributed by atoms with E-state index in [1.54, 1.807) is 12.1 Å². The van der Waals surface area contributed by atoms with Gasteiger partial charge in [0.25, 0.3) is 0 Å². The summed E-state index contributed by atoms with van der Waals surface area (Å²) >= 11 is 12.7. The third kappa shape index (κ3) is 8.42. The second-order valence-corrected chi connectivity index (χ2v) is 14.5. The van der Waals surface area contributed by atoms with Gasteiger partial charge in [-0.05, 0) is 61.4 Å². The molecule has 4 amide bonds. The van der Waals surface area contributed by atoms with Crippen molar-refractivity contribution in [2.45, 2.75) is 57.2 Å². The van der Waals surface area contributed by atoms with E-state index in [1.165, 1.54) is 0 Å². The number of aliphatic carboxylic acids is 1. The number of piperazine rings is 1. The van der Waals surface area contributed by atoms with Crippen LogP contribution in [0.25, 0.3) is 0 Å². The average Bonchev–Trinajstić information content (AvgIpc) is 3.10. The van der Waals surface area contributed by atoms with Crippen molar-refractivity contribution in [3.8, 4) is 0 Å². The zero-order valence-electron chi connectivity index (χ0n) is 27.7. The van der Waals surface area contributed by atoms with E-state index >= 15 is 0 Å². The number of carbonyl (C=O) groups excluding carboxylic acids is 3. The summed E-state index contributed by atoms with van der Waals surface area (Å²) in [6.07, 6.45) is 3.36. The van der Waals surface area contributed by atoms with Gasteiger partial charge in [0.15, 0.2) is 0 Å². The molecule has 14 heteroatoms. The van der Waals surface area contributed by atoms with Crippen LogP contribution >= 0.6 is 23.2 Å². The van der Waals surface area contributed by atoms with Crippen LogP contribution in [0.4, 0.5) is 16.2 Å². The number of amides is 4. The van der Waals surface area contributed by atoms with Crippen molar-refractivity contribution in [1.82, 2.24) is 24.5 Å². The van der Waals surface area contributed by atoms with Gasteiger partial charge in [0.2, 0.25) is 11.8 Å². The molecule has 4 aliphatic heterocycles. The first-order valence-corrected chi connectivity index (χ1v) is 17.9. The van der Waals surface area contributed by atoms with Crippen LogP contribution in [-0.4, -0.2) is 124 Å². The third-order valence-electron chi connectivity index (χ3n) is 10.6. The summed E-state index contributed by atoms with van der Waals surface area (Å²) in [4.78, 5) is 61.8. The number of anilines is 2. The van der Waals surface area contributed by atoms with Crippen molar-refractivity contribution in [2.75, 3.05) is 70.0 Å². The van der Waals surface area contributed by atoms with Crippen LogP contribution in [-0.2, 0) is 27.3 Å². The number of hydrogen-bond acceptors (Lipinski definition) is 7. The highest BCUT2D eigenvalue weighted by atomic mass is 35.5. The minimum Gasteiger partial charge on any atom is -0.480 e. The van der Waals surface area contributed by atoms with Gasteiger partial charge in [-0.25, -0.2) is 4.79 Å². The number of nitrogens with one attached hydrogen (secondary N) is 1. The topological polar surface area (TPSA) is 143 Å². The molecule has 0 spiro atoms. The number of carbonyl (C=O) groups is 4. The molecule has 4 aliphatic rings. The van der Waals surface area contributed by atoms with E-state index in [4.69, 9.17) is 34.0 Å². The summed E-state index contributed by atoms with van der Waals surface area (Å²) in [5.74, 6) is -1.53. The number of likely N-dealkylation sites (tertiary alicyclic amines) is 2. The van der Waals surface area contributed by atoms with E-state index < -0.39 is 11.9 Å². The van der Waals surface area contributed by atoms with Crippen molar-refractivity contribution < 1.29 is 24.3 Å². The molecular weight excluding hydrogens is 669 g/mol. The molecule has 6 rings (SSSR count). The maximum absolute atomic E-state index is 14.1. The van der Waals surface area contributed by atoms with E-state index in [1.807, 2.05) is 43.9 Å². The highest BCUT2D eigenvalue weighted by Gasteiger charge is 2.36. The van der Waals surface area contributed by atoms with E-state index in [0.717, 1.165) is 55.8 Å². The number of para-hydroxylation sites is 1. The first kappa shape index (κ1) is 35.3. The van der Waals surface area contributed by atoms with Crippen LogP contribution < -0.4 is 11.1 Å². The molecule has 4 N–H and O–H groups in total. The smallest absolute Gasteiger partial charge is 0.322 e. The number of hydrogen-bond donors (Lipinski definition) is 3. The number of carboxylic acid groups (broad SMARTS) is 1. The number of carboxylic acids is 1. The van der Waals surface area contributed by atoms with Crippen LogP contribution in [0, 0.1) is 5.92 Å². The Kier molecular flexibility index (Phi) is 11.2. The predicted octanol–water partition coefficient (Wildman–Crippen LogP) is 3.86. The van der Waals surface area contributed by atoms with Crippen molar-refractivity contribution in [2.24, 2.45) is 5.92 Å². The summed E-state index contributed by atoms with van der Waals surface area (Å²) < 4.78 is 0. The molecule has 2 aromatic rings. The SMILES string of the molecule is Nc1c(Cl)cc(C[C@H](CC(=O)N2CCC(N3Cc4ccccc4NC3=O)CC2)C(=O)N2CCC(N3CCN(CC(=O)O)CC3)CC2)cc1Cl. The number of rotatable bonds is 9. The lowest BCUT2D eigenvalue weighted by molar-refractivity contribution is -0.143. The Hall–Kier alpha value is -3.58.